The van der Waals surface area contributed by atoms with Crippen molar-refractivity contribution in [2.75, 3.05) is 18.8 Å². The molecular weight excluding hydrogens is 276 g/mol. The number of rotatable bonds is 0. The Hall–Kier alpha value is -0.640. The summed E-state index contributed by atoms with van der Waals surface area (Å²) < 4.78 is 2.62. The maximum atomic E-state index is 3.53. The van der Waals surface area contributed by atoms with Gasteiger partial charge in [-0.25, -0.2) is 0 Å². The molecule has 0 saturated heterocycles. The van der Waals surface area contributed by atoms with E-state index >= 15 is 0 Å². The van der Waals surface area contributed by atoms with E-state index in [1.54, 1.807) is 11.3 Å². The molecule has 0 bridgehead atoms. The predicted octanol–water partition coefficient (Wildman–Crippen LogP) is 3.25. The first-order chi connectivity index (χ1) is 8.95. The number of benzene rings is 1. The zero-order valence-corrected chi connectivity index (χ0v) is 12.6. The van der Waals surface area contributed by atoms with E-state index in [2.05, 4.69) is 28.1 Å². The normalized spacial score (nSPS) is 18.3. The Balaban J connectivity index is 0.00000110. The van der Waals surface area contributed by atoms with Crippen molar-refractivity contribution < 1.29 is 0 Å². The molecule has 2 aromatic rings. The van der Waals surface area contributed by atoms with E-state index in [0.717, 1.165) is 13.1 Å². The second-order valence-corrected chi connectivity index (χ2v) is 6.32. The molecule has 3 heterocycles. The Kier molecular flexibility index (Phi) is 3.79. The first kappa shape index (κ1) is 13.3. The molecule has 2 aliphatic rings. The van der Waals surface area contributed by atoms with Gasteiger partial charge >= 0.3 is 0 Å². The van der Waals surface area contributed by atoms with E-state index in [4.69, 9.17) is 0 Å². The summed E-state index contributed by atoms with van der Waals surface area (Å²) in [6.45, 7) is 3.46. The Morgan fingerprint density at radius 2 is 2.05 bits per heavy atom. The average molecular weight is 295 g/mol. The van der Waals surface area contributed by atoms with Crippen LogP contribution in [0.2, 0.25) is 0 Å². The number of para-hydroxylation sites is 1. The van der Waals surface area contributed by atoms with Crippen LogP contribution >= 0.6 is 24.2 Å². The van der Waals surface area contributed by atoms with Gasteiger partial charge in [-0.2, -0.15) is 0 Å². The van der Waals surface area contributed by atoms with Crippen molar-refractivity contribution in [2.24, 2.45) is 0 Å². The van der Waals surface area contributed by atoms with E-state index in [1.165, 1.54) is 47.4 Å². The van der Waals surface area contributed by atoms with Gasteiger partial charge in [0.15, 0.2) is 0 Å². The Labute approximate surface area is 124 Å². The lowest BCUT2D eigenvalue weighted by molar-refractivity contribution is 0.654. The summed E-state index contributed by atoms with van der Waals surface area (Å²) in [6.07, 6.45) is 3.67. The highest BCUT2D eigenvalue weighted by atomic mass is 35.5. The third-order valence-corrected chi connectivity index (χ3v) is 5.28. The van der Waals surface area contributed by atoms with Gasteiger partial charge in [-0.1, -0.05) is 12.1 Å². The summed E-state index contributed by atoms with van der Waals surface area (Å²) >= 11 is 2.03. The van der Waals surface area contributed by atoms with Crippen molar-refractivity contribution in [1.82, 2.24) is 9.88 Å². The van der Waals surface area contributed by atoms with Gasteiger partial charge in [-0.05, 0) is 36.8 Å². The fourth-order valence-corrected chi connectivity index (χ4v) is 4.40. The molecule has 0 spiro atoms. The molecule has 1 N–H and O–H groups in total. The summed E-state index contributed by atoms with van der Waals surface area (Å²) in [5, 5.41) is 5.04. The van der Waals surface area contributed by atoms with E-state index < -0.39 is 0 Å². The predicted molar refractivity (Wildman–Crippen MR) is 84.8 cm³/mol. The second-order valence-electron chi connectivity index (χ2n) is 5.18. The minimum Gasteiger partial charge on any atom is -0.343 e. The van der Waals surface area contributed by atoms with Crippen molar-refractivity contribution in [3.8, 4) is 0 Å². The molecule has 0 fully saturated rings. The van der Waals surface area contributed by atoms with E-state index in [-0.39, 0.29) is 12.4 Å². The Morgan fingerprint density at radius 1 is 1.16 bits per heavy atom. The smallest absolute Gasteiger partial charge is 0.0623 e. The molecule has 0 saturated carbocycles. The summed E-state index contributed by atoms with van der Waals surface area (Å²) in [5.74, 6) is 1.26. The van der Waals surface area contributed by atoms with Crippen LogP contribution in [-0.2, 0) is 19.4 Å². The van der Waals surface area contributed by atoms with E-state index in [9.17, 15) is 0 Å². The molecule has 4 heteroatoms. The largest absolute Gasteiger partial charge is 0.343 e. The molecule has 19 heavy (non-hydrogen) atoms. The van der Waals surface area contributed by atoms with E-state index in [0.29, 0.717) is 0 Å². The molecule has 0 amide bonds. The molecular formula is C15H19ClN2S. The van der Waals surface area contributed by atoms with Crippen molar-refractivity contribution in [3.05, 3.63) is 29.5 Å². The van der Waals surface area contributed by atoms with Gasteiger partial charge in [0.25, 0.3) is 0 Å². The molecule has 1 aromatic heterocycles. The van der Waals surface area contributed by atoms with Gasteiger partial charge in [0.05, 0.1) is 5.52 Å². The number of hydrogen-bond donors (Lipinski definition) is 1. The maximum Gasteiger partial charge on any atom is 0.0623 e. The van der Waals surface area contributed by atoms with E-state index in [1.807, 2.05) is 11.8 Å². The number of fused-ring (bicyclic) bond motifs is 3. The van der Waals surface area contributed by atoms with Gasteiger partial charge in [0.2, 0.25) is 0 Å². The SMILES string of the molecule is Cl.c1cc2c3c(c1)c1c(n3CCCS2)CCNCC1. The number of halogens is 1. The Morgan fingerprint density at radius 3 is 3.00 bits per heavy atom. The third-order valence-electron chi connectivity index (χ3n) is 4.14. The number of hydrogen-bond acceptors (Lipinski definition) is 2. The molecule has 1 aromatic carbocycles. The fourth-order valence-electron chi connectivity index (χ4n) is 3.38. The van der Waals surface area contributed by atoms with Crippen LogP contribution in [0.4, 0.5) is 0 Å². The second kappa shape index (κ2) is 5.39. The van der Waals surface area contributed by atoms with Crippen LogP contribution in [0.3, 0.4) is 0 Å². The molecule has 0 radical (unpaired) electrons. The molecule has 2 nitrogen and oxygen atoms in total. The fraction of sp³-hybridized carbons (Fsp3) is 0.467. The molecule has 2 aliphatic heterocycles. The summed E-state index contributed by atoms with van der Waals surface area (Å²) in [6, 6.07) is 6.86. The summed E-state index contributed by atoms with van der Waals surface area (Å²) in [4.78, 5) is 1.49. The number of thioether (sulfide) groups is 1. The van der Waals surface area contributed by atoms with Gasteiger partial charge in [0, 0.05) is 35.5 Å². The quantitative estimate of drug-likeness (QED) is 0.803. The van der Waals surface area contributed by atoms with Crippen molar-refractivity contribution in [3.63, 3.8) is 0 Å². The molecule has 0 aliphatic carbocycles. The maximum absolute atomic E-state index is 3.53. The minimum atomic E-state index is 0. The number of nitrogens with zero attached hydrogens (tertiary/aromatic N) is 1. The number of aryl methyl sites for hydroxylation is 1. The van der Waals surface area contributed by atoms with Crippen LogP contribution in [0, 0.1) is 0 Å². The highest BCUT2D eigenvalue weighted by Gasteiger charge is 2.21. The van der Waals surface area contributed by atoms with Crippen molar-refractivity contribution in [2.45, 2.75) is 30.7 Å². The Bertz CT molecular complexity index is 606. The first-order valence-corrected chi connectivity index (χ1v) is 7.90. The molecule has 0 atom stereocenters. The lowest BCUT2D eigenvalue weighted by atomic mass is 10.1. The van der Waals surface area contributed by atoms with Crippen LogP contribution < -0.4 is 5.32 Å². The number of aromatic nitrogens is 1. The highest BCUT2D eigenvalue weighted by Crippen LogP contribution is 2.37. The van der Waals surface area contributed by atoms with Crippen LogP contribution in [0.1, 0.15) is 17.7 Å². The first-order valence-electron chi connectivity index (χ1n) is 6.91. The zero-order chi connectivity index (χ0) is 11.9. The van der Waals surface area contributed by atoms with Crippen LogP contribution in [0.5, 0.6) is 0 Å². The minimum absolute atomic E-state index is 0. The summed E-state index contributed by atoms with van der Waals surface area (Å²) in [7, 11) is 0. The van der Waals surface area contributed by atoms with Gasteiger partial charge < -0.3 is 9.88 Å². The lowest BCUT2D eigenvalue weighted by Crippen LogP contribution is -2.17. The highest BCUT2D eigenvalue weighted by molar-refractivity contribution is 7.99. The molecule has 0 unspecified atom stereocenters. The van der Waals surface area contributed by atoms with Gasteiger partial charge in [-0.15, -0.1) is 24.2 Å². The lowest BCUT2D eigenvalue weighted by Gasteiger charge is -2.08. The third kappa shape index (κ3) is 2.08. The average Bonchev–Trinajstić information content (AvgIpc) is 2.61. The van der Waals surface area contributed by atoms with Crippen molar-refractivity contribution in [1.29, 1.82) is 0 Å². The van der Waals surface area contributed by atoms with Crippen molar-refractivity contribution >= 4 is 35.1 Å². The zero-order valence-electron chi connectivity index (χ0n) is 10.9. The monoisotopic (exact) mass is 294 g/mol. The van der Waals surface area contributed by atoms with Crippen LogP contribution in [0.25, 0.3) is 10.9 Å². The molecule has 102 valence electrons. The summed E-state index contributed by atoms with van der Waals surface area (Å²) in [5.41, 5.74) is 4.73. The van der Waals surface area contributed by atoms with Gasteiger partial charge in [-0.3, -0.25) is 0 Å². The van der Waals surface area contributed by atoms with Crippen LogP contribution in [-0.4, -0.2) is 23.4 Å². The standard InChI is InChI=1S/C15H18N2S.ClH/c1-3-12-11-5-7-16-8-6-13(11)17-9-2-10-18-14(4-1)15(12)17;/h1,3-4,16H,2,5-10H2;1H. The number of nitrogens with one attached hydrogen (secondary N) is 1. The van der Waals surface area contributed by atoms with Crippen LogP contribution in [0.15, 0.2) is 23.1 Å². The topological polar surface area (TPSA) is 17.0 Å². The van der Waals surface area contributed by atoms with Gasteiger partial charge in [0.1, 0.15) is 0 Å². The molecule has 4 rings (SSSR count).